The lowest BCUT2D eigenvalue weighted by Crippen LogP contribution is -2.43. The van der Waals surface area contributed by atoms with Crippen LogP contribution in [0.15, 0.2) is 29.4 Å². The number of piperidine rings is 1. The van der Waals surface area contributed by atoms with Crippen LogP contribution >= 0.6 is 11.8 Å². The minimum absolute atomic E-state index is 0.104. The number of aryl methyl sites for hydroxylation is 1. The van der Waals surface area contributed by atoms with Gasteiger partial charge in [-0.05, 0) is 37.3 Å². The first kappa shape index (κ1) is 21.4. The summed E-state index contributed by atoms with van der Waals surface area (Å²) in [6.45, 7) is 7.87. The summed E-state index contributed by atoms with van der Waals surface area (Å²) < 4.78 is 7.13. The molecule has 1 aliphatic rings. The predicted molar refractivity (Wildman–Crippen MR) is 121 cm³/mol. The second kappa shape index (κ2) is 8.74. The summed E-state index contributed by atoms with van der Waals surface area (Å²) in [5.41, 5.74) is 2.30. The van der Waals surface area contributed by atoms with Crippen molar-refractivity contribution in [3.05, 3.63) is 35.4 Å². The molecule has 31 heavy (non-hydrogen) atoms. The summed E-state index contributed by atoms with van der Waals surface area (Å²) in [6.07, 6.45) is 1.16. The van der Waals surface area contributed by atoms with Gasteiger partial charge in [-0.3, -0.25) is 19.9 Å². The second-order valence-electron chi connectivity index (χ2n) is 8.36. The molecule has 0 unspecified atom stereocenters. The van der Waals surface area contributed by atoms with Crippen molar-refractivity contribution in [2.24, 2.45) is 11.8 Å². The van der Waals surface area contributed by atoms with Gasteiger partial charge in [0.25, 0.3) is 0 Å². The summed E-state index contributed by atoms with van der Waals surface area (Å²) in [6, 6.07) is 7.51. The number of nitrogens with zero attached hydrogens (tertiary/aromatic N) is 4. The number of methoxy groups -OCH3 is 1. The van der Waals surface area contributed by atoms with Crippen molar-refractivity contribution < 1.29 is 9.53 Å². The number of fused-ring (bicyclic) bond motifs is 1. The maximum atomic E-state index is 12.9. The van der Waals surface area contributed by atoms with E-state index in [0.29, 0.717) is 33.8 Å². The van der Waals surface area contributed by atoms with Crippen molar-refractivity contribution in [3.8, 4) is 11.4 Å². The van der Waals surface area contributed by atoms with E-state index in [1.165, 1.54) is 11.8 Å². The van der Waals surface area contributed by atoms with Crippen LogP contribution in [0.1, 0.15) is 26.0 Å². The highest BCUT2D eigenvalue weighted by Crippen LogP contribution is 2.26. The molecule has 0 aliphatic carbocycles. The molecule has 3 aromatic rings. The number of rotatable bonds is 5. The molecule has 2 N–H and O–H groups in total. The molecule has 2 atom stereocenters. The number of hydrogen-bond acceptors (Lipinski definition) is 6. The normalized spacial score (nSPS) is 19.0. The van der Waals surface area contributed by atoms with Crippen LogP contribution in [-0.4, -0.2) is 56.5 Å². The van der Waals surface area contributed by atoms with E-state index in [0.717, 1.165) is 30.9 Å². The van der Waals surface area contributed by atoms with E-state index in [1.807, 2.05) is 36.1 Å². The Bertz CT molecular complexity index is 1160. The van der Waals surface area contributed by atoms with Gasteiger partial charge in [0.05, 0.1) is 23.9 Å². The Balaban J connectivity index is 1.69. The number of likely N-dealkylation sites (tertiary alicyclic amines) is 1. The number of hydrogen-bond donors (Lipinski definition) is 2. The molecular formula is C22H28N6O2S. The van der Waals surface area contributed by atoms with Crippen LogP contribution in [0.2, 0.25) is 0 Å². The Hall–Kier alpha value is -2.81. The summed E-state index contributed by atoms with van der Waals surface area (Å²) in [5, 5.41) is 17.2. The standard InChI is InChI=1S/C22H28N6O2S/c1-13-8-14(2)11-27(10-13)18(29)12-31-22-24-21-19(15(3)25-26-21)20(23)28(22)16-6-5-7-17(9-16)30-4/h5-7,9,13-14,23H,8,10-12H2,1-4H3,(H,25,26)/t13-,14-/m1/s1. The third-order valence-corrected chi connectivity index (χ3v) is 6.56. The molecule has 1 aliphatic heterocycles. The topological polar surface area (TPSA) is 99.9 Å². The van der Waals surface area contributed by atoms with E-state index in [-0.39, 0.29) is 17.1 Å². The van der Waals surface area contributed by atoms with Crippen LogP contribution in [0.5, 0.6) is 5.75 Å². The lowest BCUT2D eigenvalue weighted by Gasteiger charge is -2.35. The molecule has 164 valence electrons. The lowest BCUT2D eigenvalue weighted by molar-refractivity contribution is -0.130. The maximum absolute atomic E-state index is 12.9. The summed E-state index contributed by atoms with van der Waals surface area (Å²) in [5.74, 6) is 2.09. The lowest BCUT2D eigenvalue weighted by atomic mass is 9.92. The predicted octanol–water partition coefficient (Wildman–Crippen LogP) is 3.14. The zero-order chi connectivity index (χ0) is 22.1. The Morgan fingerprint density at radius 1 is 1.32 bits per heavy atom. The molecule has 1 saturated heterocycles. The number of thioether (sulfide) groups is 1. The molecule has 2 aromatic heterocycles. The molecule has 0 radical (unpaired) electrons. The van der Waals surface area contributed by atoms with Crippen LogP contribution < -0.4 is 10.2 Å². The quantitative estimate of drug-likeness (QED) is 0.469. The number of H-pyrrole nitrogens is 1. The monoisotopic (exact) mass is 440 g/mol. The van der Waals surface area contributed by atoms with Gasteiger partial charge < -0.3 is 9.64 Å². The van der Waals surface area contributed by atoms with Gasteiger partial charge in [0, 0.05) is 24.8 Å². The van der Waals surface area contributed by atoms with Crippen LogP contribution in [0, 0.1) is 24.2 Å². The van der Waals surface area contributed by atoms with Crippen molar-refractivity contribution in [2.75, 3.05) is 26.0 Å². The first-order valence-electron chi connectivity index (χ1n) is 10.4. The zero-order valence-electron chi connectivity index (χ0n) is 18.3. The first-order chi connectivity index (χ1) is 14.9. The summed E-state index contributed by atoms with van der Waals surface area (Å²) >= 11 is 1.34. The van der Waals surface area contributed by atoms with Crippen molar-refractivity contribution in [1.29, 1.82) is 5.41 Å². The van der Waals surface area contributed by atoms with Gasteiger partial charge in [-0.15, -0.1) is 0 Å². The van der Waals surface area contributed by atoms with Crippen molar-refractivity contribution in [3.63, 3.8) is 0 Å². The molecular weight excluding hydrogens is 412 g/mol. The summed E-state index contributed by atoms with van der Waals surface area (Å²) in [4.78, 5) is 19.6. The highest BCUT2D eigenvalue weighted by Gasteiger charge is 2.26. The fourth-order valence-electron chi connectivity index (χ4n) is 4.30. The van der Waals surface area contributed by atoms with Gasteiger partial charge in [-0.1, -0.05) is 31.7 Å². The van der Waals surface area contributed by atoms with Crippen LogP contribution in [0.3, 0.4) is 0 Å². The maximum Gasteiger partial charge on any atom is 0.233 e. The third-order valence-electron chi connectivity index (χ3n) is 5.64. The van der Waals surface area contributed by atoms with Crippen LogP contribution in [-0.2, 0) is 4.79 Å². The number of amides is 1. The van der Waals surface area contributed by atoms with Gasteiger partial charge in [0.1, 0.15) is 11.2 Å². The van der Waals surface area contributed by atoms with E-state index in [1.54, 1.807) is 11.7 Å². The highest BCUT2D eigenvalue weighted by molar-refractivity contribution is 7.99. The van der Waals surface area contributed by atoms with Crippen LogP contribution in [0.4, 0.5) is 0 Å². The third kappa shape index (κ3) is 4.32. The molecule has 0 saturated carbocycles. The van der Waals surface area contributed by atoms with E-state index in [2.05, 4.69) is 29.0 Å². The number of carbonyl (C=O) groups excluding carboxylic acids is 1. The molecule has 1 fully saturated rings. The van der Waals surface area contributed by atoms with Crippen LogP contribution in [0.25, 0.3) is 16.7 Å². The number of aromatic nitrogens is 4. The number of aromatic amines is 1. The number of carbonyl (C=O) groups is 1. The number of nitrogens with one attached hydrogen (secondary N) is 2. The smallest absolute Gasteiger partial charge is 0.233 e. The first-order valence-corrected chi connectivity index (χ1v) is 11.4. The molecule has 8 nitrogen and oxygen atoms in total. The SMILES string of the molecule is COc1cccc(-n2c(SCC(=O)N3C[C@H](C)C[C@@H](C)C3)nc3n[nH]c(C)c3c2=N)c1. The molecule has 9 heteroatoms. The Labute approximate surface area is 185 Å². The molecule has 1 aromatic carbocycles. The largest absolute Gasteiger partial charge is 0.497 e. The zero-order valence-corrected chi connectivity index (χ0v) is 19.1. The molecule has 1 amide bonds. The fourth-order valence-corrected chi connectivity index (χ4v) is 5.21. The molecule has 3 heterocycles. The van der Waals surface area contributed by atoms with Gasteiger partial charge in [0.15, 0.2) is 10.8 Å². The minimum Gasteiger partial charge on any atom is -0.497 e. The van der Waals surface area contributed by atoms with Crippen molar-refractivity contribution in [1.82, 2.24) is 24.6 Å². The number of ether oxygens (including phenoxy) is 1. The average molecular weight is 441 g/mol. The van der Waals surface area contributed by atoms with Gasteiger partial charge in [-0.25, -0.2) is 4.98 Å². The minimum atomic E-state index is 0.104. The van der Waals surface area contributed by atoms with Gasteiger partial charge in [-0.2, -0.15) is 5.10 Å². The van der Waals surface area contributed by atoms with E-state index in [9.17, 15) is 4.79 Å². The molecule has 0 bridgehead atoms. The van der Waals surface area contributed by atoms with Crippen molar-refractivity contribution >= 4 is 28.7 Å². The van der Waals surface area contributed by atoms with Gasteiger partial charge >= 0.3 is 0 Å². The highest BCUT2D eigenvalue weighted by atomic mass is 32.2. The van der Waals surface area contributed by atoms with E-state index in [4.69, 9.17) is 10.1 Å². The molecule has 0 spiro atoms. The molecule has 4 rings (SSSR count). The number of benzene rings is 1. The Morgan fingerprint density at radius 2 is 2.06 bits per heavy atom. The fraction of sp³-hybridized carbons (Fsp3) is 0.455. The Kier molecular flexibility index (Phi) is 6.04. The average Bonchev–Trinajstić information content (AvgIpc) is 3.12. The van der Waals surface area contributed by atoms with E-state index < -0.39 is 0 Å². The summed E-state index contributed by atoms with van der Waals surface area (Å²) in [7, 11) is 1.61. The second-order valence-corrected chi connectivity index (χ2v) is 9.30. The Morgan fingerprint density at radius 3 is 2.77 bits per heavy atom. The van der Waals surface area contributed by atoms with Crippen molar-refractivity contribution in [2.45, 2.75) is 32.3 Å². The van der Waals surface area contributed by atoms with Gasteiger partial charge in [0.2, 0.25) is 5.91 Å². The van der Waals surface area contributed by atoms with E-state index >= 15 is 0 Å².